The molecule has 0 unspecified atom stereocenters. The fourth-order valence-electron chi connectivity index (χ4n) is 1.25. The molecule has 70 valence electrons. The normalized spacial score (nSPS) is 10.1. The van der Waals surface area contributed by atoms with E-state index in [0.29, 0.717) is 5.76 Å². The molecule has 0 saturated heterocycles. The quantitative estimate of drug-likeness (QED) is 0.685. The molecule has 14 heavy (non-hydrogen) atoms. The second-order valence-electron chi connectivity index (χ2n) is 3.06. The Morgan fingerprint density at radius 1 is 1.36 bits per heavy atom. The lowest BCUT2D eigenvalue weighted by molar-refractivity contribution is 0.524. The van der Waals surface area contributed by atoms with Crippen LogP contribution in [0.3, 0.4) is 0 Å². The van der Waals surface area contributed by atoms with E-state index in [-0.39, 0.29) is 5.63 Å². The third-order valence-electron chi connectivity index (χ3n) is 1.86. The van der Waals surface area contributed by atoms with Gasteiger partial charge in [0.1, 0.15) is 5.76 Å². The molecule has 0 aliphatic rings. The molecule has 2 heterocycles. The second-order valence-corrected chi connectivity index (χ2v) is 3.06. The molecule has 0 N–H and O–H groups in total. The molecule has 0 aromatic carbocycles. The first-order valence-electron chi connectivity index (χ1n) is 4.28. The van der Waals surface area contributed by atoms with Crippen molar-refractivity contribution in [3.8, 4) is 11.3 Å². The van der Waals surface area contributed by atoms with Crippen molar-refractivity contribution in [2.24, 2.45) is 0 Å². The highest BCUT2D eigenvalue weighted by molar-refractivity contribution is 5.55. The molecule has 0 fully saturated rings. The summed E-state index contributed by atoms with van der Waals surface area (Å²) in [5, 5.41) is 0. The minimum Gasteiger partial charge on any atom is -0.423 e. The smallest absolute Gasteiger partial charge is 0.336 e. The van der Waals surface area contributed by atoms with E-state index in [2.05, 4.69) is 4.98 Å². The molecule has 0 saturated carbocycles. The van der Waals surface area contributed by atoms with Gasteiger partial charge in [-0.1, -0.05) is 0 Å². The predicted octanol–water partition coefficient (Wildman–Crippen LogP) is 2.01. The van der Waals surface area contributed by atoms with Gasteiger partial charge in [0.2, 0.25) is 0 Å². The van der Waals surface area contributed by atoms with E-state index >= 15 is 0 Å². The van der Waals surface area contributed by atoms with Crippen molar-refractivity contribution in [3.63, 3.8) is 0 Å². The van der Waals surface area contributed by atoms with Gasteiger partial charge in [0.05, 0.1) is 0 Å². The van der Waals surface area contributed by atoms with E-state index in [1.54, 1.807) is 18.5 Å². The van der Waals surface area contributed by atoms with Gasteiger partial charge in [0, 0.05) is 24.0 Å². The van der Waals surface area contributed by atoms with Crippen molar-refractivity contribution in [1.29, 1.82) is 0 Å². The number of rotatable bonds is 1. The van der Waals surface area contributed by atoms with Crippen LogP contribution in [-0.2, 0) is 0 Å². The lowest BCUT2D eigenvalue weighted by Gasteiger charge is -1.99. The Labute approximate surface area is 81.0 Å². The highest BCUT2D eigenvalue weighted by Gasteiger charge is 2.01. The van der Waals surface area contributed by atoms with Crippen LogP contribution >= 0.6 is 0 Å². The standard InChI is InChI=1S/C11H9NO2/c1-8-5-10(14-11(13)6-8)9-3-2-4-12-7-9/h2-7H,1H3. The van der Waals surface area contributed by atoms with Gasteiger partial charge in [0.25, 0.3) is 0 Å². The summed E-state index contributed by atoms with van der Waals surface area (Å²) in [6, 6.07) is 6.93. The summed E-state index contributed by atoms with van der Waals surface area (Å²) in [4.78, 5) is 15.1. The van der Waals surface area contributed by atoms with Crippen LogP contribution in [0.15, 0.2) is 45.9 Å². The Bertz CT molecular complexity index is 488. The van der Waals surface area contributed by atoms with Crippen LogP contribution in [0, 0.1) is 6.92 Å². The van der Waals surface area contributed by atoms with Gasteiger partial charge in [-0.3, -0.25) is 4.98 Å². The van der Waals surface area contributed by atoms with Crippen molar-refractivity contribution in [1.82, 2.24) is 4.98 Å². The van der Waals surface area contributed by atoms with Crippen LogP contribution in [0.2, 0.25) is 0 Å². The molecule has 2 rings (SSSR count). The van der Waals surface area contributed by atoms with Crippen molar-refractivity contribution in [3.05, 3.63) is 52.6 Å². The fraction of sp³-hybridized carbons (Fsp3) is 0.0909. The first-order valence-corrected chi connectivity index (χ1v) is 4.28. The van der Waals surface area contributed by atoms with Gasteiger partial charge in [-0.2, -0.15) is 0 Å². The molecule has 3 heteroatoms. The summed E-state index contributed by atoms with van der Waals surface area (Å²) in [5.74, 6) is 0.558. The summed E-state index contributed by atoms with van der Waals surface area (Å²) in [5.41, 5.74) is 1.37. The predicted molar refractivity (Wildman–Crippen MR) is 52.9 cm³/mol. The van der Waals surface area contributed by atoms with Gasteiger partial charge in [0.15, 0.2) is 0 Å². The third kappa shape index (κ3) is 1.71. The van der Waals surface area contributed by atoms with E-state index in [1.165, 1.54) is 6.07 Å². The second kappa shape index (κ2) is 3.46. The first kappa shape index (κ1) is 8.69. The molecular weight excluding hydrogens is 178 g/mol. The summed E-state index contributed by atoms with van der Waals surface area (Å²) >= 11 is 0. The van der Waals surface area contributed by atoms with Crippen molar-refractivity contribution in [2.75, 3.05) is 0 Å². The largest absolute Gasteiger partial charge is 0.423 e. The Morgan fingerprint density at radius 3 is 2.86 bits per heavy atom. The number of nitrogens with zero attached hydrogens (tertiary/aromatic N) is 1. The maximum atomic E-state index is 11.1. The molecular formula is C11H9NO2. The zero-order valence-corrected chi connectivity index (χ0v) is 7.73. The van der Waals surface area contributed by atoms with Crippen molar-refractivity contribution >= 4 is 0 Å². The monoisotopic (exact) mass is 187 g/mol. The molecule has 0 aliphatic heterocycles. The van der Waals surface area contributed by atoms with E-state index in [0.717, 1.165) is 11.1 Å². The van der Waals surface area contributed by atoms with Gasteiger partial charge >= 0.3 is 5.63 Å². The summed E-state index contributed by atoms with van der Waals surface area (Å²) in [6.45, 7) is 1.86. The van der Waals surface area contributed by atoms with Crippen LogP contribution in [0.5, 0.6) is 0 Å². The van der Waals surface area contributed by atoms with Crippen molar-refractivity contribution < 1.29 is 4.42 Å². The maximum Gasteiger partial charge on any atom is 0.336 e. The summed E-state index contributed by atoms with van der Waals surface area (Å²) in [7, 11) is 0. The molecule has 3 nitrogen and oxygen atoms in total. The van der Waals surface area contributed by atoms with Gasteiger partial charge < -0.3 is 4.42 Å². The van der Waals surface area contributed by atoms with Crippen LogP contribution in [0.1, 0.15) is 5.56 Å². The lowest BCUT2D eigenvalue weighted by atomic mass is 10.2. The Kier molecular flexibility index (Phi) is 2.14. The maximum absolute atomic E-state index is 11.1. The summed E-state index contributed by atoms with van der Waals surface area (Å²) < 4.78 is 5.05. The Hall–Kier alpha value is -1.90. The van der Waals surface area contributed by atoms with Crippen LogP contribution in [0.4, 0.5) is 0 Å². The molecule has 2 aromatic rings. The molecule has 0 radical (unpaired) electrons. The number of aryl methyl sites for hydroxylation is 1. The van der Waals surface area contributed by atoms with Gasteiger partial charge in [-0.15, -0.1) is 0 Å². The molecule has 0 atom stereocenters. The minimum absolute atomic E-state index is 0.330. The van der Waals surface area contributed by atoms with Crippen LogP contribution in [-0.4, -0.2) is 4.98 Å². The average molecular weight is 187 g/mol. The van der Waals surface area contributed by atoms with Crippen LogP contribution < -0.4 is 5.63 Å². The molecule has 0 aliphatic carbocycles. The van der Waals surface area contributed by atoms with Crippen LogP contribution in [0.25, 0.3) is 11.3 Å². The van der Waals surface area contributed by atoms with Crippen molar-refractivity contribution in [2.45, 2.75) is 6.92 Å². The fourth-order valence-corrected chi connectivity index (χ4v) is 1.25. The summed E-state index contributed by atoms with van der Waals surface area (Å²) in [6.07, 6.45) is 3.34. The minimum atomic E-state index is -0.330. The third-order valence-corrected chi connectivity index (χ3v) is 1.86. The zero-order chi connectivity index (χ0) is 9.97. The topological polar surface area (TPSA) is 43.1 Å². The number of hydrogen-bond donors (Lipinski definition) is 0. The zero-order valence-electron chi connectivity index (χ0n) is 7.73. The number of aromatic nitrogens is 1. The number of hydrogen-bond acceptors (Lipinski definition) is 3. The first-order chi connectivity index (χ1) is 6.75. The van der Waals surface area contributed by atoms with E-state index < -0.39 is 0 Å². The molecule has 2 aromatic heterocycles. The lowest BCUT2D eigenvalue weighted by Crippen LogP contribution is -1.98. The SMILES string of the molecule is Cc1cc(-c2cccnc2)oc(=O)c1. The highest BCUT2D eigenvalue weighted by Crippen LogP contribution is 2.16. The molecule has 0 amide bonds. The average Bonchev–Trinajstić information content (AvgIpc) is 2.18. The highest BCUT2D eigenvalue weighted by atomic mass is 16.4. The molecule has 0 spiro atoms. The van der Waals surface area contributed by atoms with E-state index in [4.69, 9.17) is 4.42 Å². The Balaban J connectivity index is 2.58. The molecule has 0 bridgehead atoms. The van der Waals surface area contributed by atoms with E-state index in [1.807, 2.05) is 19.1 Å². The number of pyridine rings is 1. The Morgan fingerprint density at radius 2 is 2.21 bits per heavy atom. The van der Waals surface area contributed by atoms with Gasteiger partial charge in [-0.05, 0) is 30.7 Å². The van der Waals surface area contributed by atoms with Gasteiger partial charge in [-0.25, -0.2) is 4.79 Å². The van der Waals surface area contributed by atoms with E-state index in [9.17, 15) is 4.79 Å².